The zero-order valence-electron chi connectivity index (χ0n) is 27.6. The van der Waals surface area contributed by atoms with Crippen LogP contribution in [0.25, 0.3) is 11.1 Å². The number of hydrogen-bond acceptors (Lipinski definition) is 4. The predicted molar refractivity (Wildman–Crippen MR) is 196 cm³/mol. The molecular weight excluding hydrogens is 631 g/mol. The van der Waals surface area contributed by atoms with Crippen LogP contribution < -0.4 is 4.31 Å². The normalized spacial score (nSPS) is 16.4. The molecule has 6 rings (SSSR count). The first kappa shape index (κ1) is 34.0. The minimum Gasteiger partial charge on any atom is -0.465 e. The Labute approximate surface area is 290 Å². The number of amides is 1. The van der Waals surface area contributed by atoms with Crippen molar-refractivity contribution >= 4 is 21.8 Å². The number of hydrogen-bond donors (Lipinski definition) is 1. The van der Waals surface area contributed by atoms with Crippen LogP contribution in [-0.2, 0) is 23.1 Å². The summed E-state index contributed by atoms with van der Waals surface area (Å²) in [5, 5.41) is 10.2. The van der Waals surface area contributed by atoms with Crippen molar-refractivity contribution in [2.24, 2.45) is 0 Å². The molecule has 0 saturated carbocycles. The highest BCUT2D eigenvalue weighted by molar-refractivity contribution is 7.92. The molecule has 0 aliphatic carbocycles. The van der Waals surface area contributed by atoms with Gasteiger partial charge in [-0.15, -0.1) is 0 Å². The van der Waals surface area contributed by atoms with Gasteiger partial charge in [0.05, 0.1) is 10.6 Å². The second-order valence-corrected chi connectivity index (χ2v) is 14.5. The van der Waals surface area contributed by atoms with Crippen molar-refractivity contribution < 1.29 is 18.3 Å². The first-order valence-electron chi connectivity index (χ1n) is 16.9. The van der Waals surface area contributed by atoms with Crippen LogP contribution in [0.4, 0.5) is 10.5 Å². The van der Waals surface area contributed by atoms with E-state index in [9.17, 15) is 18.3 Å². The maximum Gasteiger partial charge on any atom is 0.407 e. The summed E-state index contributed by atoms with van der Waals surface area (Å²) >= 11 is 0. The van der Waals surface area contributed by atoms with Crippen LogP contribution in [0, 0.1) is 0 Å². The van der Waals surface area contributed by atoms with Crippen LogP contribution in [0.1, 0.15) is 36.8 Å². The molecule has 1 aliphatic rings. The molecule has 1 saturated heterocycles. The fourth-order valence-electron chi connectivity index (χ4n) is 6.90. The standard InChI is InChI=1S/C41H43N3O4S/c45-41(46)43-29-27-39(30-38(43)22-13-28-42(31-33-14-5-1-6-15-33)32-34-16-7-2-8-17-34)44(37-20-11-4-12-21-37)49(47,48)40-25-23-36(24-26-40)35-18-9-3-10-19-35/h1-12,14-21,23-26,38-39H,13,22,27-32H2,(H,45,46)/t38?,39-/m0/s1. The zero-order valence-corrected chi connectivity index (χ0v) is 28.4. The number of carbonyl (C=O) groups is 1. The van der Waals surface area contributed by atoms with Crippen molar-refractivity contribution in [1.29, 1.82) is 0 Å². The Bertz CT molecular complexity index is 1830. The molecule has 0 spiro atoms. The second kappa shape index (κ2) is 16.0. The summed E-state index contributed by atoms with van der Waals surface area (Å²) in [6, 6.07) is 46.1. The summed E-state index contributed by atoms with van der Waals surface area (Å²) < 4.78 is 30.4. The number of rotatable bonds is 13. The monoisotopic (exact) mass is 673 g/mol. The third-order valence-electron chi connectivity index (χ3n) is 9.30. The maximum absolute atomic E-state index is 14.4. The number of likely N-dealkylation sites (tertiary alicyclic amines) is 1. The van der Waals surface area contributed by atoms with E-state index in [-0.39, 0.29) is 17.5 Å². The molecule has 1 aliphatic heterocycles. The number of anilines is 1. The van der Waals surface area contributed by atoms with E-state index in [4.69, 9.17) is 0 Å². The molecular formula is C41H43N3O4S. The number of sulfonamides is 1. The minimum absolute atomic E-state index is 0.214. The summed E-state index contributed by atoms with van der Waals surface area (Å²) in [5.74, 6) is 0. The highest BCUT2D eigenvalue weighted by atomic mass is 32.2. The second-order valence-electron chi connectivity index (χ2n) is 12.7. The molecule has 0 aromatic heterocycles. The smallest absolute Gasteiger partial charge is 0.407 e. The molecule has 2 atom stereocenters. The van der Waals surface area contributed by atoms with Crippen molar-refractivity contribution in [3.05, 3.63) is 157 Å². The molecule has 1 amide bonds. The van der Waals surface area contributed by atoms with Crippen LogP contribution in [0.5, 0.6) is 0 Å². The lowest BCUT2D eigenvalue weighted by Crippen LogP contribution is -2.53. The lowest BCUT2D eigenvalue weighted by atomic mass is 9.93. The molecule has 5 aromatic rings. The number of carboxylic acid groups (broad SMARTS) is 1. The topological polar surface area (TPSA) is 81.2 Å². The van der Waals surface area contributed by atoms with Crippen LogP contribution in [0.2, 0.25) is 0 Å². The molecule has 8 heteroatoms. The first-order chi connectivity index (χ1) is 23.9. The van der Waals surface area contributed by atoms with Crippen molar-refractivity contribution in [2.75, 3.05) is 17.4 Å². The lowest BCUT2D eigenvalue weighted by molar-refractivity contribution is 0.0957. The zero-order chi connectivity index (χ0) is 34.1. The third-order valence-corrected chi connectivity index (χ3v) is 11.2. The highest BCUT2D eigenvalue weighted by Crippen LogP contribution is 2.34. The summed E-state index contributed by atoms with van der Waals surface area (Å²) in [7, 11) is -3.96. The molecule has 1 unspecified atom stereocenters. The summed E-state index contributed by atoms with van der Waals surface area (Å²) in [6.45, 7) is 2.63. The number of para-hydroxylation sites is 1. The Balaban J connectivity index is 1.21. The quantitative estimate of drug-likeness (QED) is 0.136. The molecule has 0 bridgehead atoms. The van der Waals surface area contributed by atoms with Crippen molar-refractivity contribution in [3.63, 3.8) is 0 Å². The van der Waals surface area contributed by atoms with Gasteiger partial charge >= 0.3 is 6.09 Å². The maximum atomic E-state index is 14.4. The van der Waals surface area contributed by atoms with Gasteiger partial charge in [0, 0.05) is 31.7 Å². The lowest BCUT2D eigenvalue weighted by Gasteiger charge is -2.43. The van der Waals surface area contributed by atoms with E-state index in [0.29, 0.717) is 24.9 Å². The largest absolute Gasteiger partial charge is 0.465 e. The van der Waals surface area contributed by atoms with Gasteiger partial charge in [0.1, 0.15) is 0 Å². The molecule has 252 valence electrons. The van der Waals surface area contributed by atoms with Gasteiger partial charge in [-0.3, -0.25) is 9.21 Å². The molecule has 7 nitrogen and oxygen atoms in total. The van der Waals surface area contributed by atoms with E-state index in [1.54, 1.807) is 12.1 Å². The van der Waals surface area contributed by atoms with Crippen LogP contribution in [0.15, 0.2) is 150 Å². The van der Waals surface area contributed by atoms with E-state index in [1.807, 2.05) is 109 Å². The van der Waals surface area contributed by atoms with Gasteiger partial charge in [0.15, 0.2) is 0 Å². The Morgan fingerprint density at radius 2 is 1.20 bits per heavy atom. The van der Waals surface area contributed by atoms with Gasteiger partial charge in [-0.1, -0.05) is 121 Å². The summed E-state index contributed by atoms with van der Waals surface area (Å²) in [4.78, 5) is 16.6. The fraction of sp³-hybridized carbons (Fsp3) is 0.244. The third kappa shape index (κ3) is 8.57. The Kier molecular flexibility index (Phi) is 11.1. The van der Waals surface area contributed by atoms with Gasteiger partial charge in [-0.2, -0.15) is 0 Å². The van der Waals surface area contributed by atoms with E-state index < -0.39 is 22.2 Å². The van der Waals surface area contributed by atoms with Gasteiger partial charge < -0.3 is 10.0 Å². The average Bonchev–Trinajstić information content (AvgIpc) is 3.13. The molecule has 1 fully saturated rings. The first-order valence-corrected chi connectivity index (χ1v) is 18.4. The van der Waals surface area contributed by atoms with Crippen LogP contribution in [0.3, 0.4) is 0 Å². The van der Waals surface area contributed by atoms with E-state index in [1.165, 1.54) is 20.3 Å². The SMILES string of the molecule is O=C(O)N1CC[C@H](N(c2ccccc2)S(=O)(=O)c2ccc(-c3ccccc3)cc2)CC1CCCN(Cc1ccccc1)Cc1ccccc1. The molecule has 0 radical (unpaired) electrons. The van der Waals surface area contributed by atoms with E-state index >= 15 is 0 Å². The van der Waals surface area contributed by atoms with Gasteiger partial charge in [0.2, 0.25) is 0 Å². The average molecular weight is 674 g/mol. The van der Waals surface area contributed by atoms with Crippen LogP contribution in [-0.4, -0.2) is 54.6 Å². The summed E-state index contributed by atoms with van der Waals surface area (Å²) in [5.41, 5.74) is 4.99. The van der Waals surface area contributed by atoms with Crippen molar-refractivity contribution in [3.8, 4) is 11.1 Å². The molecule has 49 heavy (non-hydrogen) atoms. The van der Waals surface area contributed by atoms with Crippen LogP contribution >= 0.6 is 0 Å². The number of nitrogens with zero attached hydrogens (tertiary/aromatic N) is 3. The fourth-order valence-corrected chi connectivity index (χ4v) is 8.59. The van der Waals surface area contributed by atoms with Gasteiger partial charge in [0.25, 0.3) is 10.0 Å². The Morgan fingerprint density at radius 1 is 0.694 bits per heavy atom. The van der Waals surface area contributed by atoms with Gasteiger partial charge in [-0.25, -0.2) is 13.2 Å². The summed E-state index contributed by atoms with van der Waals surface area (Å²) in [6.07, 6.45) is 1.28. The predicted octanol–water partition coefficient (Wildman–Crippen LogP) is 8.54. The van der Waals surface area contributed by atoms with E-state index in [2.05, 4.69) is 29.2 Å². The minimum atomic E-state index is -3.96. The molecule has 1 heterocycles. The molecule has 5 aromatic carbocycles. The highest BCUT2D eigenvalue weighted by Gasteiger charge is 2.39. The van der Waals surface area contributed by atoms with E-state index in [0.717, 1.165) is 37.2 Å². The number of piperidine rings is 1. The van der Waals surface area contributed by atoms with Crippen molar-refractivity contribution in [1.82, 2.24) is 9.80 Å². The Morgan fingerprint density at radius 3 is 1.76 bits per heavy atom. The number of benzene rings is 5. The van der Waals surface area contributed by atoms with Gasteiger partial charge in [-0.05, 0) is 78.7 Å². The van der Waals surface area contributed by atoms with Crippen molar-refractivity contribution in [2.45, 2.75) is 55.8 Å². The molecule has 1 N–H and O–H groups in total. The Hall–Kier alpha value is -4.92.